The van der Waals surface area contributed by atoms with Gasteiger partial charge in [-0.2, -0.15) is 21.6 Å². The first-order chi connectivity index (χ1) is 14.0. The van der Waals surface area contributed by atoms with Gasteiger partial charge in [0.1, 0.15) is 0 Å². The Kier molecular flexibility index (Phi) is 5.72. The van der Waals surface area contributed by atoms with Crippen molar-refractivity contribution >= 4 is 43.3 Å². The van der Waals surface area contributed by atoms with Gasteiger partial charge in [-0.05, 0) is 34.5 Å². The fourth-order valence-corrected chi connectivity index (χ4v) is 4.60. The van der Waals surface area contributed by atoms with Gasteiger partial charge in [0.2, 0.25) is 5.96 Å². The lowest BCUT2D eigenvalue weighted by Gasteiger charge is -2.13. The van der Waals surface area contributed by atoms with Crippen LogP contribution in [0.3, 0.4) is 0 Å². The van der Waals surface area contributed by atoms with E-state index in [1.165, 1.54) is 30.3 Å². The average Bonchev–Trinajstić information content (AvgIpc) is 3.10. The predicted octanol–water partition coefficient (Wildman–Crippen LogP) is 3.30. The highest BCUT2D eigenvalue weighted by atomic mass is 32.2. The zero-order chi connectivity index (χ0) is 22.1. The number of Topliss-reactive ketones (excluding diaryl/α,β-unsaturated/α-hetero) is 1. The molecule has 0 radical (unpaired) electrons. The summed E-state index contributed by atoms with van der Waals surface area (Å²) >= 11 is 0.957. The lowest BCUT2D eigenvalue weighted by Crippen LogP contribution is -2.24. The Bertz CT molecular complexity index is 1250. The Morgan fingerprint density at radius 2 is 1.73 bits per heavy atom. The number of hydrogen-bond donors (Lipinski definition) is 2. The first-order valence-corrected chi connectivity index (χ1v) is 10.6. The van der Waals surface area contributed by atoms with Crippen LogP contribution in [0.2, 0.25) is 0 Å². The summed E-state index contributed by atoms with van der Waals surface area (Å²) in [4.78, 5) is 12.4. The van der Waals surface area contributed by atoms with Crippen LogP contribution in [0.1, 0.15) is 15.2 Å². The van der Waals surface area contributed by atoms with Gasteiger partial charge in [-0.1, -0.05) is 30.3 Å². The average molecular weight is 457 g/mol. The number of nitrogens with two attached hydrogens (primary N) is 2. The smallest absolute Gasteiger partial charge is 0.367 e. The molecule has 30 heavy (non-hydrogen) atoms. The standard InChI is InChI=1S/C18H14F3N3O4S2/c19-18(20,21)13-6-2-1-4-11(13)10-5-3-7-15-12(10)8-16(29-15)14(25)9-30(26,27)28-24-17(22)23/h1-8H,9H2,(H4,22,23,24). The van der Waals surface area contributed by atoms with Crippen LogP contribution in [0, 0.1) is 0 Å². The minimum Gasteiger partial charge on any atom is -0.367 e. The number of ketones is 1. The number of alkyl halides is 3. The topological polar surface area (TPSA) is 125 Å². The van der Waals surface area contributed by atoms with E-state index in [4.69, 9.17) is 11.5 Å². The molecule has 0 aliphatic heterocycles. The molecule has 0 unspecified atom stereocenters. The molecule has 1 heterocycles. The van der Waals surface area contributed by atoms with Gasteiger partial charge in [0.25, 0.3) is 0 Å². The largest absolute Gasteiger partial charge is 0.417 e. The third-order valence-corrected chi connectivity index (χ3v) is 5.98. The first-order valence-electron chi connectivity index (χ1n) is 8.20. The number of nitrogens with zero attached hydrogens (tertiary/aromatic N) is 1. The Balaban J connectivity index is 2.02. The van der Waals surface area contributed by atoms with Gasteiger partial charge in [0.05, 0.1) is 10.4 Å². The molecule has 0 saturated heterocycles. The summed E-state index contributed by atoms with van der Waals surface area (Å²) in [6, 6.07) is 11.1. The molecule has 0 spiro atoms. The van der Waals surface area contributed by atoms with Gasteiger partial charge < -0.3 is 11.5 Å². The third-order valence-electron chi connectivity index (χ3n) is 3.92. The van der Waals surface area contributed by atoms with Crippen molar-refractivity contribution in [3.05, 3.63) is 59.0 Å². The quantitative estimate of drug-likeness (QED) is 0.253. The molecule has 3 aromatic rings. The van der Waals surface area contributed by atoms with Gasteiger partial charge in [-0.15, -0.1) is 11.3 Å². The van der Waals surface area contributed by atoms with Crippen molar-refractivity contribution in [3.63, 3.8) is 0 Å². The van der Waals surface area contributed by atoms with Crippen molar-refractivity contribution in [2.45, 2.75) is 6.18 Å². The second-order valence-electron chi connectivity index (χ2n) is 6.09. The van der Waals surface area contributed by atoms with E-state index in [1.807, 2.05) is 0 Å². The first kappa shape index (κ1) is 21.6. The summed E-state index contributed by atoms with van der Waals surface area (Å²) in [6.07, 6.45) is -4.57. The molecule has 4 N–H and O–H groups in total. The molecule has 0 aliphatic rings. The summed E-state index contributed by atoms with van der Waals surface area (Å²) in [5.74, 6) is -2.48. The van der Waals surface area contributed by atoms with E-state index in [1.54, 1.807) is 12.1 Å². The predicted molar refractivity (Wildman–Crippen MR) is 107 cm³/mol. The zero-order valence-electron chi connectivity index (χ0n) is 15.0. The van der Waals surface area contributed by atoms with Crippen LogP contribution in [0.4, 0.5) is 13.2 Å². The monoisotopic (exact) mass is 457 g/mol. The molecule has 0 atom stereocenters. The van der Waals surface area contributed by atoms with Crippen molar-refractivity contribution < 1.29 is 30.7 Å². The van der Waals surface area contributed by atoms with E-state index in [2.05, 4.69) is 9.44 Å². The van der Waals surface area contributed by atoms with E-state index in [0.29, 0.717) is 10.1 Å². The highest BCUT2D eigenvalue weighted by Crippen LogP contribution is 2.41. The lowest BCUT2D eigenvalue weighted by molar-refractivity contribution is -0.137. The maximum Gasteiger partial charge on any atom is 0.417 e. The number of rotatable bonds is 6. The fourth-order valence-electron chi connectivity index (χ4n) is 2.76. The fraction of sp³-hybridized carbons (Fsp3) is 0.111. The molecule has 0 aliphatic carbocycles. The summed E-state index contributed by atoms with van der Waals surface area (Å²) in [5, 5.41) is 3.29. The number of halogens is 3. The summed E-state index contributed by atoms with van der Waals surface area (Å²) < 4.78 is 68.6. The highest BCUT2D eigenvalue weighted by Gasteiger charge is 2.33. The molecule has 158 valence electrons. The minimum absolute atomic E-state index is 0.0406. The number of hydrogen-bond acceptors (Lipinski definition) is 6. The number of carbonyl (C=O) groups excluding carboxylic acids is 1. The van der Waals surface area contributed by atoms with Crippen LogP contribution in [0.15, 0.2) is 53.7 Å². The van der Waals surface area contributed by atoms with Crippen molar-refractivity contribution in [3.8, 4) is 11.1 Å². The van der Waals surface area contributed by atoms with Crippen LogP contribution >= 0.6 is 11.3 Å². The Labute approximate surface area is 172 Å². The number of guanidine groups is 1. The van der Waals surface area contributed by atoms with Gasteiger partial charge in [0.15, 0.2) is 11.5 Å². The van der Waals surface area contributed by atoms with Gasteiger partial charge in [0, 0.05) is 10.1 Å². The molecule has 0 bridgehead atoms. The van der Waals surface area contributed by atoms with Gasteiger partial charge in [-0.3, -0.25) is 9.08 Å². The van der Waals surface area contributed by atoms with Crippen LogP contribution in [0.5, 0.6) is 0 Å². The lowest BCUT2D eigenvalue weighted by atomic mass is 9.96. The normalized spacial score (nSPS) is 12.0. The van der Waals surface area contributed by atoms with Gasteiger partial charge >= 0.3 is 16.3 Å². The van der Waals surface area contributed by atoms with E-state index < -0.39 is 39.4 Å². The van der Waals surface area contributed by atoms with Crippen molar-refractivity contribution in [1.82, 2.24) is 0 Å². The molecule has 0 saturated carbocycles. The van der Waals surface area contributed by atoms with Crippen LogP contribution < -0.4 is 11.5 Å². The molecule has 0 amide bonds. The van der Waals surface area contributed by atoms with Crippen molar-refractivity contribution in [1.29, 1.82) is 0 Å². The Morgan fingerprint density at radius 3 is 2.40 bits per heavy atom. The van der Waals surface area contributed by atoms with Gasteiger partial charge in [-0.25, -0.2) is 0 Å². The molecule has 3 rings (SSSR count). The van der Waals surface area contributed by atoms with Crippen molar-refractivity contribution in [2.75, 3.05) is 5.75 Å². The number of benzene rings is 2. The summed E-state index contributed by atoms with van der Waals surface area (Å²) in [6.45, 7) is 0. The summed E-state index contributed by atoms with van der Waals surface area (Å²) in [7, 11) is -4.39. The van der Waals surface area contributed by atoms with Crippen LogP contribution in [0.25, 0.3) is 21.2 Å². The SMILES string of the molecule is NC(N)=NOS(=O)(=O)CC(=O)c1cc2c(-c3ccccc3C(F)(F)F)cccc2s1. The second kappa shape index (κ2) is 7.95. The molecule has 2 aromatic carbocycles. The van der Waals surface area contributed by atoms with Crippen LogP contribution in [-0.4, -0.2) is 25.9 Å². The van der Waals surface area contributed by atoms with E-state index >= 15 is 0 Å². The van der Waals surface area contributed by atoms with E-state index in [9.17, 15) is 26.4 Å². The molecular formula is C18H14F3N3O4S2. The Morgan fingerprint density at radius 1 is 1.07 bits per heavy atom. The molecule has 12 heteroatoms. The van der Waals surface area contributed by atoms with E-state index in [-0.39, 0.29) is 16.0 Å². The second-order valence-corrected chi connectivity index (χ2v) is 8.72. The van der Waals surface area contributed by atoms with E-state index in [0.717, 1.165) is 17.4 Å². The van der Waals surface area contributed by atoms with Crippen molar-refractivity contribution in [2.24, 2.45) is 16.6 Å². The number of thiophene rings is 1. The molecule has 7 nitrogen and oxygen atoms in total. The molecular weight excluding hydrogens is 443 g/mol. The maximum atomic E-state index is 13.4. The molecule has 0 fully saturated rings. The Hall–Kier alpha value is -3.12. The summed E-state index contributed by atoms with van der Waals surface area (Å²) in [5.41, 5.74) is 9.38. The number of carbonyl (C=O) groups is 1. The minimum atomic E-state index is -4.57. The molecule has 1 aromatic heterocycles. The number of fused-ring (bicyclic) bond motifs is 1. The highest BCUT2D eigenvalue weighted by molar-refractivity contribution is 7.87. The zero-order valence-corrected chi connectivity index (χ0v) is 16.6. The van der Waals surface area contributed by atoms with Crippen LogP contribution in [-0.2, 0) is 20.6 Å². The number of oxime groups is 1. The maximum absolute atomic E-state index is 13.4. The third kappa shape index (κ3) is 4.71.